The second kappa shape index (κ2) is 6.15. The molecule has 0 amide bonds. The van der Waals surface area contributed by atoms with Crippen molar-refractivity contribution in [2.45, 2.75) is 19.4 Å². The predicted molar refractivity (Wildman–Crippen MR) is 74.7 cm³/mol. The summed E-state index contributed by atoms with van der Waals surface area (Å²) in [5, 5.41) is 6.88. The summed E-state index contributed by atoms with van der Waals surface area (Å²) in [5.41, 5.74) is 1.39. The van der Waals surface area contributed by atoms with Crippen LogP contribution in [0.4, 0.5) is 0 Å². The van der Waals surface area contributed by atoms with E-state index in [2.05, 4.69) is 35.0 Å². The molecule has 0 saturated heterocycles. The van der Waals surface area contributed by atoms with Gasteiger partial charge in [-0.15, -0.1) is 11.3 Å². The van der Waals surface area contributed by atoms with Crippen LogP contribution in [0, 0.1) is 0 Å². The van der Waals surface area contributed by atoms with Crippen molar-refractivity contribution in [2.24, 2.45) is 0 Å². The minimum atomic E-state index is 0.379. The number of hydrogen-bond acceptors (Lipinski definition) is 3. The van der Waals surface area contributed by atoms with Crippen LogP contribution in [0.1, 0.15) is 24.9 Å². The molecule has 0 aliphatic heterocycles. The Morgan fingerprint density at radius 1 is 1.35 bits per heavy atom. The summed E-state index contributed by atoms with van der Waals surface area (Å²) in [7, 11) is 2.02. The van der Waals surface area contributed by atoms with Gasteiger partial charge in [-0.25, -0.2) is 0 Å². The fourth-order valence-corrected chi connectivity index (χ4v) is 3.06. The number of benzene rings is 1. The monoisotopic (exact) mass is 249 g/mol. The van der Waals surface area contributed by atoms with Gasteiger partial charge in [-0.1, -0.05) is 18.2 Å². The third kappa shape index (κ3) is 2.86. The number of thiophene rings is 1. The van der Waals surface area contributed by atoms with Gasteiger partial charge in [-0.2, -0.15) is 0 Å². The van der Waals surface area contributed by atoms with Gasteiger partial charge in [0, 0.05) is 24.0 Å². The summed E-state index contributed by atoms with van der Waals surface area (Å²) >= 11 is 1.82. The summed E-state index contributed by atoms with van der Waals surface area (Å²) in [6.07, 6.45) is 1.02. The molecule has 1 heterocycles. The van der Waals surface area contributed by atoms with E-state index < -0.39 is 0 Å². The molecule has 1 N–H and O–H groups in total. The van der Waals surface area contributed by atoms with Crippen molar-refractivity contribution >= 4 is 21.4 Å². The van der Waals surface area contributed by atoms with Gasteiger partial charge >= 0.3 is 0 Å². The first-order valence-corrected chi connectivity index (χ1v) is 6.96. The van der Waals surface area contributed by atoms with Crippen LogP contribution < -0.4 is 5.32 Å². The average molecular weight is 249 g/mol. The smallest absolute Gasteiger partial charge is 0.0484 e. The first kappa shape index (κ1) is 12.6. The summed E-state index contributed by atoms with van der Waals surface area (Å²) in [6, 6.07) is 9.08. The summed E-state index contributed by atoms with van der Waals surface area (Å²) in [5.74, 6) is 0. The zero-order valence-corrected chi connectivity index (χ0v) is 11.2. The zero-order chi connectivity index (χ0) is 12.1. The van der Waals surface area contributed by atoms with Gasteiger partial charge in [-0.05, 0) is 42.8 Å². The Labute approximate surface area is 107 Å². The van der Waals surface area contributed by atoms with Gasteiger partial charge in [0.05, 0.1) is 0 Å². The van der Waals surface area contributed by atoms with Crippen molar-refractivity contribution in [3.8, 4) is 0 Å². The van der Waals surface area contributed by atoms with Gasteiger partial charge in [0.25, 0.3) is 0 Å². The van der Waals surface area contributed by atoms with E-state index in [9.17, 15) is 0 Å². The highest BCUT2D eigenvalue weighted by Crippen LogP contribution is 2.30. The quantitative estimate of drug-likeness (QED) is 0.790. The van der Waals surface area contributed by atoms with Crippen LogP contribution in [0.25, 0.3) is 10.1 Å². The van der Waals surface area contributed by atoms with Crippen LogP contribution in [0.3, 0.4) is 0 Å². The zero-order valence-electron chi connectivity index (χ0n) is 10.4. The first-order chi connectivity index (χ1) is 8.36. The Morgan fingerprint density at radius 2 is 2.24 bits per heavy atom. The number of ether oxygens (including phenoxy) is 1. The van der Waals surface area contributed by atoms with Gasteiger partial charge in [0.1, 0.15) is 0 Å². The van der Waals surface area contributed by atoms with Crippen LogP contribution in [-0.4, -0.2) is 20.3 Å². The lowest BCUT2D eigenvalue weighted by Crippen LogP contribution is -2.18. The van der Waals surface area contributed by atoms with E-state index in [1.54, 1.807) is 0 Å². The van der Waals surface area contributed by atoms with E-state index in [1.807, 2.05) is 25.3 Å². The Hall–Kier alpha value is -0.900. The van der Waals surface area contributed by atoms with Crippen molar-refractivity contribution in [3.05, 3.63) is 35.2 Å². The maximum atomic E-state index is 5.44. The Morgan fingerprint density at radius 3 is 3.00 bits per heavy atom. The lowest BCUT2D eigenvalue weighted by atomic mass is 10.0. The normalized spacial score (nSPS) is 13.1. The number of hydrogen-bond donors (Lipinski definition) is 1. The summed E-state index contributed by atoms with van der Waals surface area (Å²) in [4.78, 5) is 0. The highest BCUT2D eigenvalue weighted by atomic mass is 32.1. The lowest BCUT2D eigenvalue weighted by molar-refractivity contribution is 0.137. The van der Waals surface area contributed by atoms with Gasteiger partial charge in [-0.3, -0.25) is 0 Å². The van der Waals surface area contributed by atoms with Crippen LogP contribution in [0.15, 0.2) is 29.6 Å². The second-order valence-electron chi connectivity index (χ2n) is 4.01. The van der Waals surface area contributed by atoms with Crippen molar-refractivity contribution < 1.29 is 4.74 Å². The van der Waals surface area contributed by atoms with Crippen molar-refractivity contribution in [2.75, 3.05) is 20.3 Å². The van der Waals surface area contributed by atoms with E-state index in [1.165, 1.54) is 15.6 Å². The molecule has 2 rings (SSSR count). The van der Waals surface area contributed by atoms with E-state index in [0.717, 1.165) is 19.6 Å². The fourth-order valence-electron chi connectivity index (χ4n) is 2.09. The molecule has 0 spiro atoms. The van der Waals surface area contributed by atoms with Crippen molar-refractivity contribution in [1.29, 1.82) is 0 Å². The Balaban J connectivity index is 2.20. The van der Waals surface area contributed by atoms with Crippen LogP contribution in [0.5, 0.6) is 0 Å². The molecule has 3 heteroatoms. The SMILES string of the molecule is CCOCCC(NC)c1cccc2ccsc12. The highest BCUT2D eigenvalue weighted by Gasteiger charge is 2.12. The minimum Gasteiger partial charge on any atom is -0.382 e. The number of fused-ring (bicyclic) bond motifs is 1. The summed E-state index contributed by atoms with van der Waals surface area (Å²) in [6.45, 7) is 3.64. The van der Waals surface area contributed by atoms with Crippen LogP contribution in [-0.2, 0) is 4.74 Å². The highest BCUT2D eigenvalue weighted by molar-refractivity contribution is 7.17. The molecule has 92 valence electrons. The molecule has 1 unspecified atom stereocenters. The summed E-state index contributed by atoms with van der Waals surface area (Å²) < 4.78 is 6.84. The maximum absolute atomic E-state index is 5.44. The van der Waals surface area contributed by atoms with E-state index in [-0.39, 0.29) is 0 Å². The Bertz CT molecular complexity index is 466. The van der Waals surface area contributed by atoms with Gasteiger partial charge in [0.15, 0.2) is 0 Å². The predicted octanol–water partition coefficient (Wildman–Crippen LogP) is 3.59. The standard InChI is InChI=1S/C14H19NOS/c1-3-16-9-7-13(15-2)12-6-4-5-11-8-10-17-14(11)12/h4-6,8,10,13,15H,3,7,9H2,1-2H3. The van der Waals surface area contributed by atoms with E-state index >= 15 is 0 Å². The molecule has 1 atom stereocenters. The van der Waals surface area contributed by atoms with Crippen LogP contribution >= 0.6 is 11.3 Å². The molecule has 2 aromatic rings. The molecule has 1 aromatic heterocycles. The average Bonchev–Trinajstić information content (AvgIpc) is 2.83. The van der Waals surface area contributed by atoms with Gasteiger partial charge in [0.2, 0.25) is 0 Å². The Kier molecular flexibility index (Phi) is 4.54. The van der Waals surface area contributed by atoms with Gasteiger partial charge < -0.3 is 10.1 Å². The number of rotatable bonds is 6. The molecule has 0 radical (unpaired) electrons. The minimum absolute atomic E-state index is 0.379. The molecule has 0 aliphatic carbocycles. The third-order valence-electron chi connectivity index (χ3n) is 2.99. The molecular weight excluding hydrogens is 230 g/mol. The molecule has 0 aliphatic rings. The molecule has 17 heavy (non-hydrogen) atoms. The lowest BCUT2D eigenvalue weighted by Gasteiger charge is -2.17. The second-order valence-corrected chi connectivity index (χ2v) is 4.93. The van der Waals surface area contributed by atoms with Crippen molar-refractivity contribution in [1.82, 2.24) is 5.32 Å². The first-order valence-electron chi connectivity index (χ1n) is 6.08. The fraction of sp³-hybridized carbons (Fsp3) is 0.429. The molecule has 0 saturated carbocycles. The molecule has 1 aromatic carbocycles. The van der Waals surface area contributed by atoms with E-state index in [4.69, 9.17) is 4.74 Å². The number of nitrogens with one attached hydrogen (secondary N) is 1. The third-order valence-corrected chi connectivity index (χ3v) is 3.97. The molecule has 0 fully saturated rings. The van der Waals surface area contributed by atoms with Crippen LogP contribution in [0.2, 0.25) is 0 Å². The topological polar surface area (TPSA) is 21.3 Å². The molecular formula is C14H19NOS. The van der Waals surface area contributed by atoms with E-state index in [0.29, 0.717) is 6.04 Å². The maximum Gasteiger partial charge on any atom is 0.0484 e. The van der Waals surface area contributed by atoms with Crippen molar-refractivity contribution in [3.63, 3.8) is 0 Å². The largest absolute Gasteiger partial charge is 0.382 e. The molecule has 2 nitrogen and oxygen atoms in total. The molecule has 0 bridgehead atoms.